The zero-order valence-electron chi connectivity index (χ0n) is 11.1. The molecule has 0 aliphatic carbocycles. The van der Waals surface area contributed by atoms with E-state index in [4.69, 9.17) is 4.74 Å². The minimum Gasteiger partial charge on any atom is -0.368 e. The van der Waals surface area contributed by atoms with Gasteiger partial charge in [-0.2, -0.15) is 0 Å². The zero-order valence-corrected chi connectivity index (χ0v) is 11.1. The molecule has 0 aromatic heterocycles. The van der Waals surface area contributed by atoms with Crippen molar-refractivity contribution in [1.29, 1.82) is 0 Å². The quantitative estimate of drug-likeness (QED) is 0.662. The molecule has 100 valence electrons. The molecule has 2 N–H and O–H groups in total. The summed E-state index contributed by atoms with van der Waals surface area (Å²) in [6, 6.07) is 0. The molecule has 0 aromatic rings. The highest BCUT2D eigenvalue weighted by molar-refractivity contribution is 5.80. The maximum absolute atomic E-state index is 11.6. The van der Waals surface area contributed by atoms with Gasteiger partial charge in [-0.25, -0.2) is 0 Å². The maximum Gasteiger partial charge on any atom is 0.248 e. The molecule has 4 nitrogen and oxygen atoms in total. The van der Waals surface area contributed by atoms with Crippen molar-refractivity contribution in [3.63, 3.8) is 0 Å². The Morgan fingerprint density at radius 3 is 2.82 bits per heavy atom. The normalized spacial score (nSPS) is 18.9. The Kier molecular flexibility index (Phi) is 7.21. The highest BCUT2D eigenvalue weighted by Crippen LogP contribution is 2.12. The van der Waals surface area contributed by atoms with E-state index >= 15 is 0 Å². The summed E-state index contributed by atoms with van der Waals surface area (Å²) < 4.78 is 5.63. The third-order valence-corrected chi connectivity index (χ3v) is 3.24. The Hall–Kier alpha value is -0.610. The van der Waals surface area contributed by atoms with E-state index in [1.54, 1.807) is 0 Å². The van der Waals surface area contributed by atoms with Crippen LogP contribution in [-0.4, -0.2) is 38.3 Å². The van der Waals surface area contributed by atoms with Gasteiger partial charge in [-0.1, -0.05) is 13.3 Å². The topological polar surface area (TPSA) is 50.4 Å². The van der Waals surface area contributed by atoms with E-state index in [1.165, 1.54) is 0 Å². The molecule has 1 amide bonds. The van der Waals surface area contributed by atoms with E-state index in [0.29, 0.717) is 12.5 Å². The summed E-state index contributed by atoms with van der Waals surface area (Å²) in [7, 11) is 0. The monoisotopic (exact) mass is 242 g/mol. The standard InChI is InChI=1S/C13H26N2O2/c1-3-4-7-15-13(16)11(2)17-10-12-5-8-14-9-6-12/h11-12,14H,3-10H2,1-2H3,(H,15,16). The van der Waals surface area contributed by atoms with E-state index in [2.05, 4.69) is 17.6 Å². The van der Waals surface area contributed by atoms with Gasteiger partial charge in [0.2, 0.25) is 5.91 Å². The molecule has 1 fully saturated rings. The van der Waals surface area contributed by atoms with Crippen LogP contribution in [0.4, 0.5) is 0 Å². The van der Waals surface area contributed by atoms with Crippen LogP contribution in [0.3, 0.4) is 0 Å². The van der Waals surface area contributed by atoms with Gasteiger partial charge in [0.15, 0.2) is 0 Å². The van der Waals surface area contributed by atoms with Crippen LogP contribution in [-0.2, 0) is 9.53 Å². The second-order valence-corrected chi connectivity index (χ2v) is 4.81. The first kappa shape index (κ1) is 14.5. The van der Waals surface area contributed by atoms with Gasteiger partial charge in [0.05, 0.1) is 6.61 Å². The largest absolute Gasteiger partial charge is 0.368 e. The van der Waals surface area contributed by atoms with Gasteiger partial charge in [-0.3, -0.25) is 4.79 Å². The van der Waals surface area contributed by atoms with Crippen LogP contribution in [0.2, 0.25) is 0 Å². The molecule has 1 unspecified atom stereocenters. The van der Waals surface area contributed by atoms with Gasteiger partial charge in [0.25, 0.3) is 0 Å². The summed E-state index contributed by atoms with van der Waals surface area (Å²) in [6.45, 7) is 7.57. The smallest absolute Gasteiger partial charge is 0.248 e. The van der Waals surface area contributed by atoms with Crippen LogP contribution >= 0.6 is 0 Å². The maximum atomic E-state index is 11.6. The fraction of sp³-hybridized carbons (Fsp3) is 0.923. The lowest BCUT2D eigenvalue weighted by atomic mass is 9.99. The van der Waals surface area contributed by atoms with Crippen molar-refractivity contribution < 1.29 is 9.53 Å². The molecular formula is C13H26N2O2. The fourth-order valence-corrected chi connectivity index (χ4v) is 1.94. The summed E-state index contributed by atoms with van der Waals surface area (Å²) in [5, 5.41) is 6.22. The number of rotatable bonds is 7. The van der Waals surface area contributed by atoms with Crippen LogP contribution in [0.15, 0.2) is 0 Å². The summed E-state index contributed by atoms with van der Waals surface area (Å²) in [5.74, 6) is 0.634. The number of ether oxygens (including phenoxy) is 1. The second kappa shape index (κ2) is 8.48. The highest BCUT2D eigenvalue weighted by atomic mass is 16.5. The zero-order chi connectivity index (χ0) is 12.5. The molecule has 1 saturated heterocycles. The lowest BCUT2D eigenvalue weighted by molar-refractivity contribution is -0.132. The van der Waals surface area contributed by atoms with Gasteiger partial charge in [0.1, 0.15) is 6.10 Å². The summed E-state index contributed by atoms with van der Waals surface area (Å²) in [4.78, 5) is 11.6. The molecule has 0 radical (unpaired) electrons. The molecule has 0 saturated carbocycles. The van der Waals surface area contributed by atoms with Crippen molar-refractivity contribution >= 4 is 5.91 Å². The molecule has 0 aromatic carbocycles. The van der Waals surface area contributed by atoms with Gasteiger partial charge < -0.3 is 15.4 Å². The van der Waals surface area contributed by atoms with E-state index in [9.17, 15) is 4.79 Å². The van der Waals surface area contributed by atoms with Crippen LogP contribution in [0.1, 0.15) is 39.5 Å². The predicted molar refractivity (Wildman–Crippen MR) is 68.9 cm³/mol. The highest BCUT2D eigenvalue weighted by Gasteiger charge is 2.17. The van der Waals surface area contributed by atoms with Crippen molar-refractivity contribution in [2.75, 3.05) is 26.2 Å². The third-order valence-electron chi connectivity index (χ3n) is 3.24. The van der Waals surface area contributed by atoms with Crippen LogP contribution < -0.4 is 10.6 Å². The molecule has 1 aliphatic rings. The minimum atomic E-state index is -0.318. The van der Waals surface area contributed by atoms with E-state index in [-0.39, 0.29) is 12.0 Å². The average molecular weight is 242 g/mol. The summed E-state index contributed by atoms with van der Waals surface area (Å²) >= 11 is 0. The number of amides is 1. The van der Waals surface area contributed by atoms with Crippen molar-refractivity contribution in [3.05, 3.63) is 0 Å². The van der Waals surface area contributed by atoms with E-state index in [0.717, 1.165) is 45.3 Å². The molecule has 1 aliphatic heterocycles. The SMILES string of the molecule is CCCCNC(=O)C(C)OCC1CCNCC1. The Balaban J connectivity index is 2.10. The Morgan fingerprint density at radius 1 is 1.47 bits per heavy atom. The number of nitrogens with one attached hydrogen (secondary N) is 2. The molecule has 1 atom stereocenters. The molecule has 0 spiro atoms. The van der Waals surface area contributed by atoms with Crippen LogP contribution in [0.25, 0.3) is 0 Å². The van der Waals surface area contributed by atoms with Crippen molar-refractivity contribution in [2.24, 2.45) is 5.92 Å². The molecule has 4 heteroatoms. The predicted octanol–water partition coefficient (Wildman–Crippen LogP) is 1.31. The number of hydrogen-bond donors (Lipinski definition) is 2. The fourth-order valence-electron chi connectivity index (χ4n) is 1.94. The average Bonchev–Trinajstić information content (AvgIpc) is 2.37. The lowest BCUT2D eigenvalue weighted by Gasteiger charge is -2.23. The van der Waals surface area contributed by atoms with E-state index in [1.807, 2.05) is 6.92 Å². The molecule has 17 heavy (non-hydrogen) atoms. The van der Waals surface area contributed by atoms with Gasteiger partial charge in [-0.05, 0) is 45.2 Å². The third kappa shape index (κ3) is 6.03. The Morgan fingerprint density at radius 2 is 2.18 bits per heavy atom. The molecule has 1 heterocycles. The Labute approximate surface area is 104 Å². The minimum absolute atomic E-state index is 0.0207. The molecule has 0 bridgehead atoms. The summed E-state index contributed by atoms with van der Waals surface area (Å²) in [5.41, 5.74) is 0. The van der Waals surface area contributed by atoms with Gasteiger partial charge >= 0.3 is 0 Å². The van der Waals surface area contributed by atoms with Crippen molar-refractivity contribution in [1.82, 2.24) is 10.6 Å². The first-order valence-electron chi connectivity index (χ1n) is 6.84. The van der Waals surface area contributed by atoms with Crippen LogP contribution in [0.5, 0.6) is 0 Å². The number of carbonyl (C=O) groups is 1. The second-order valence-electron chi connectivity index (χ2n) is 4.81. The van der Waals surface area contributed by atoms with Gasteiger partial charge in [-0.15, -0.1) is 0 Å². The van der Waals surface area contributed by atoms with Crippen molar-refractivity contribution in [2.45, 2.75) is 45.6 Å². The number of carbonyl (C=O) groups excluding carboxylic acids is 1. The molecular weight excluding hydrogens is 216 g/mol. The summed E-state index contributed by atoms with van der Waals surface area (Å²) in [6.07, 6.45) is 4.13. The number of piperidine rings is 1. The first-order chi connectivity index (χ1) is 8.24. The van der Waals surface area contributed by atoms with Crippen LogP contribution in [0, 0.1) is 5.92 Å². The lowest BCUT2D eigenvalue weighted by Crippen LogP contribution is -2.37. The Bertz CT molecular complexity index is 215. The van der Waals surface area contributed by atoms with Crippen molar-refractivity contribution in [3.8, 4) is 0 Å². The number of hydrogen-bond acceptors (Lipinski definition) is 3. The number of unbranched alkanes of at least 4 members (excludes halogenated alkanes) is 1. The van der Waals surface area contributed by atoms with Gasteiger partial charge in [0, 0.05) is 6.54 Å². The first-order valence-corrected chi connectivity index (χ1v) is 6.84. The molecule has 1 rings (SSSR count). The van der Waals surface area contributed by atoms with E-state index < -0.39 is 0 Å².